The van der Waals surface area contributed by atoms with Gasteiger partial charge in [-0.3, -0.25) is 4.79 Å². The van der Waals surface area contributed by atoms with Crippen LogP contribution >= 0.6 is 11.6 Å². The molecule has 1 amide bonds. The third-order valence-electron chi connectivity index (χ3n) is 4.17. The number of carbonyl (C=O) groups is 1. The molecule has 0 atom stereocenters. The Morgan fingerprint density at radius 3 is 2.50 bits per heavy atom. The molecule has 0 N–H and O–H groups in total. The molecule has 0 fully saturated rings. The normalized spacial score (nSPS) is 11.5. The van der Waals surface area contributed by atoms with E-state index in [2.05, 4.69) is 10.1 Å². The summed E-state index contributed by atoms with van der Waals surface area (Å²) in [6.07, 6.45) is -2.34. The van der Waals surface area contributed by atoms with Gasteiger partial charge in [-0.05, 0) is 30.2 Å². The molecule has 3 aromatic rings. The van der Waals surface area contributed by atoms with Crippen molar-refractivity contribution in [2.75, 3.05) is 7.05 Å². The number of carbonyl (C=O) groups excluding carboxylic acids is 1. The molecule has 1 aromatic carbocycles. The maximum atomic E-state index is 13.8. The quantitative estimate of drug-likeness (QED) is 0.596. The molecular weight excluding hydrogens is 393 g/mol. The molecule has 28 heavy (non-hydrogen) atoms. The predicted molar refractivity (Wildman–Crippen MR) is 98.3 cm³/mol. The number of amides is 1. The topological polar surface area (TPSA) is 51.0 Å². The summed E-state index contributed by atoms with van der Waals surface area (Å²) >= 11 is 5.72. The molecule has 2 heterocycles. The molecule has 9 heteroatoms. The highest BCUT2D eigenvalue weighted by atomic mass is 35.5. The number of alkyl halides is 3. The van der Waals surface area contributed by atoms with Gasteiger partial charge in [-0.25, -0.2) is 9.67 Å². The van der Waals surface area contributed by atoms with Crippen molar-refractivity contribution in [1.82, 2.24) is 19.7 Å². The summed E-state index contributed by atoms with van der Waals surface area (Å²) in [4.78, 5) is 17.8. The summed E-state index contributed by atoms with van der Waals surface area (Å²) in [5, 5.41) is 4.14. The lowest BCUT2D eigenvalue weighted by molar-refractivity contribution is -0.143. The van der Waals surface area contributed by atoms with E-state index < -0.39 is 23.3 Å². The van der Waals surface area contributed by atoms with Gasteiger partial charge in [-0.15, -0.1) is 0 Å². The number of pyridine rings is 1. The van der Waals surface area contributed by atoms with E-state index in [1.165, 1.54) is 24.2 Å². The molecule has 3 rings (SSSR count). The molecule has 5 nitrogen and oxygen atoms in total. The number of hydrogen-bond donors (Lipinski definition) is 0. The first kappa shape index (κ1) is 19.9. The van der Waals surface area contributed by atoms with E-state index in [9.17, 15) is 18.0 Å². The second-order valence-electron chi connectivity index (χ2n) is 6.25. The largest absolute Gasteiger partial charge is 0.434 e. The number of hydrogen-bond acceptors (Lipinski definition) is 3. The standard InChI is InChI=1S/C19H16ClF3N4O/c1-12-5-3-4-6-15(12)27-17(19(21,22)23)14(10-25-27)18(28)26(2)11-13-7-8-16(20)24-9-13/h3-10H,11H2,1-2H3. The lowest BCUT2D eigenvalue weighted by Gasteiger charge is -2.19. The van der Waals surface area contributed by atoms with Gasteiger partial charge in [0.15, 0.2) is 5.69 Å². The van der Waals surface area contributed by atoms with Crippen LogP contribution in [0.2, 0.25) is 5.15 Å². The number of aromatic nitrogens is 3. The average Bonchev–Trinajstić information content (AvgIpc) is 3.08. The Morgan fingerprint density at radius 2 is 1.89 bits per heavy atom. The lowest BCUT2D eigenvalue weighted by atomic mass is 10.1. The first-order valence-electron chi connectivity index (χ1n) is 8.25. The first-order valence-corrected chi connectivity index (χ1v) is 8.63. The van der Waals surface area contributed by atoms with Crippen LogP contribution in [0.5, 0.6) is 0 Å². The predicted octanol–water partition coefficient (Wildman–Crippen LogP) is 4.52. The summed E-state index contributed by atoms with van der Waals surface area (Å²) in [6, 6.07) is 9.74. The SMILES string of the molecule is Cc1ccccc1-n1ncc(C(=O)N(C)Cc2ccc(Cl)nc2)c1C(F)(F)F. The molecular formula is C19H16ClF3N4O. The van der Waals surface area contributed by atoms with Gasteiger partial charge in [0.1, 0.15) is 5.15 Å². The molecule has 0 unspecified atom stereocenters. The fraction of sp³-hybridized carbons (Fsp3) is 0.211. The zero-order chi connectivity index (χ0) is 20.5. The monoisotopic (exact) mass is 408 g/mol. The van der Waals surface area contributed by atoms with Crippen LogP contribution in [0.3, 0.4) is 0 Å². The number of halogens is 4. The molecule has 0 saturated carbocycles. The van der Waals surface area contributed by atoms with Crippen LogP contribution in [0.4, 0.5) is 13.2 Å². The number of benzene rings is 1. The number of para-hydroxylation sites is 1. The average molecular weight is 409 g/mol. The van der Waals surface area contributed by atoms with Gasteiger partial charge in [0, 0.05) is 19.8 Å². The van der Waals surface area contributed by atoms with Crippen LogP contribution in [0.25, 0.3) is 5.69 Å². The third-order valence-corrected chi connectivity index (χ3v) is 4.39. The van der Waals surface area contributed by atoms with Crippen LogP contribution < -0.4 is 0 Å². The number of nitrogens with zero attached hydrogens (tertiary/aromatic N) is 4. The maximum Gasteiger partial charge on any atom is 0.434 e. The molecule has 0 aliphatic carbocycles. The molecule has 0 aliphatic rings. The number of rotatable bonds is 4. The molecule has 0 radical (unpaired) electrons. The van der Waals surface area contributed by atoms with Crippen molar-refractivity contribution in [3.05, 3.63) is 76.3 Å². The first-order chi connectivity index (χ1) is 13.2. The minimum absolute atomic E-state index is 0.0792. The highest BCUT2D eigenvalue weighted by Gasteiger charge is 2.41. The minimum Gasteiger partial charge on any atom is -0.337 e. The summed E-state index contributed by atoms with van der Waals surface area (Å²) in [7, 11) is 1.42. The number of aryl methyl sites for hydroxylation is 1. The van der Waals surface area contributed by atoms with Crippen molar-refractivity contribution < 1.29 is 18.0 Å². The Morgan fingerprint density at radius 1 is 1.18 bits per heavy atom. The summed E-state index contributed by atoms with van der Waals surface area (Å²) in [5.41, 5.74) is -0.109. The van der Waals surface area contributed by atoms with E-state index in [1.54, 1.807) is 37.3 Å². The van der Waals surface area contributed by atoms with Gasteiger partial charge in [0.2, 0.25) is 0 Å². The van der Waals surface area contributed by atoms with Crippen LogP contribution in [0, 0.1) is 6.92 Å². The molecule has 0 saturated heterocycles. The van der Waals surface area contributed by atoms with Crippen LogP contribution in [-0.4, -0.2) is 32.6 Å². The third kappa shape index (κ3) is 4.01. The van der Waals surface area contributed by atoms with Crippen molar-refractivity contribution in [3.8, 4) is 5.69 Å². The van der Waals surface area contributed by atoms with Gasteiger partial charge in [-0.2, -0.15) is 18.3 Å². The summed E-state index contributed by atoms with van der Waals surface area (Å²) < 4.78 is 42.2. The molecule has 0 bridgehead atoms. The van der Waals surface area contributed by atoms with Crippen LogP contribution in [0.1, 0.15) is 27.2 Å². The van der Waals surface area contributed by atoms with Gasteiger partial charge in [0.05, 0.1) is 17.4 Å². The van der Waals surface area contributed by atoms with Crippen LogP contribution in [0.15, 0.2) is 48.8 Å². The fourth-order valence-electron chi connectivity index (χ4n) is 2.81. The van der Waals surface area contributed by atoms with E-state index in [4.69, 9.17) is 11.6 Å². The Kier molecular flexibility index (Phi) is 5.42. The van der Waals surface area contributed by atoms with Crippen molar-refractivity contribution in [3.63, 3.8) is 0 Å². The van der Waals surface area contributed by atoms with Crippen molar-refractivity contribution in [2.45, 2.75) is 19.6 Å². The summed E-state index contributed by atoms with van der Waals surface area (Å²) in [5.74, 6) is -0.790. The smallest absolute Gasteiger partial charge is 0.337 e. The van der Waals surface area contributed by atoms with E-state index in [-0.39, 0.29) is 17.4 Å². The fourth-order valence-corrected chi connectivity index (χ4v) is 2.92. The molecule has 2 aromatic heterocycles. The van der Waals surface area contributed by atoms with Gasteiger partial charge >= 0.3 is 6.18 Å². The Hall–Kier alpha value is -2.87. The van der Waals surface area contributed by atoms with E-state index in [1.807, 2.05) is 0 Å². The molecule has 146 valence electrons. The van der Waals surface area contributed by atoms with Gasteiger partial charge in [-0.1, -0.05) is 35.9 Å². The second kappa shape index (κ2) is 7.63. The lowest BCUT2D eigenvalue weighted by Crippen LogP contribution is -2.28. The van der Waals surface area contributed by atoms with E-state index >= 15 is 0 Å². The maximum absolute atomic E-state index is 13.8. The van der Waals surface area contributed by atoms with Crippen molar-refractivity contribution in [1.29, 1.82) is 0 Å². The molecule has 0 spiro atoms. The van der Waals surface area contributed by atoms with Crippen LogP contribution in [-0.2, 0) is 12.7 Å². The zero-order valence-electron chi connectivity index (χ0n) is 15.0. The van der Waals surface area contributed by atoms with Gasteiger partial charge < -0.3 is 4.90 Å². The second-order valence-corrected chi connectivity index (χ2v) is 6.64. The van der Waals surface area contributed by atoms with Crippen molar-refractivity contribution in [2.24, 2.45) is 0 Å². The Bertz CT molecular complexity index is 999. The van der Waals surface area contributed by atoms with E-state index in [0.29, 0.717) is 11.1 Å². The Balaban J connectivity index is 1.98. The van der Waals surface area contributed by atoms with Gasteiger partial charge in [0.25, 0.3) is 5.91 Å². The van der Waals surface area contributed by atoms with E-state index in [0.717, 1.165) is 10.9 Å². The van der Waals surface area contributed by atoms with Crippen molar-refractivity contribution >= 4 is 17.5 Å². The molecule has 0 aliphatic heterocycles. The summed E-state index contributed by atoms with van der Waals surface area (Å²) in [6.45, 7) is 1.76. The highest BCUT2D eigenvalue weighted by Crippen LogP contribution is 2.34. The Labute approximate surface area is 164 Å². The zero-order valence-corrected chi connectivity index (χ0v) is 15.8. The highest BCUT2D eigenvalue weighted by molar-refractivity contribution is 6.29. The minimum atomic E-state index is -4.76.